The van der Waals surface area contributed by atoms with Crippen LogP contribution in [0.15, 0.2) is 53.7 Å². The van der Waals surface area contributed by atoms with Crippen LogP contribution in [0.4, 0.5) is 4.39 Å². The molecule has 0 bridgehead atoms. The topological polar surface area (TPSA) is 39.9 Å². The Morgan fingerprint density at radius 3 is 2.48 bits per heavy atom. The minimum absolute atomic E-state index is 0.310. The van der Waals surface area contributed by atoms with Crippen molar-refractivity contribution in [3.8, 4) is 22.8 Å². The molecule has 23 heavy (non-hydrogen) atoms. The summed E-state index contributed by atoms with van der Waals surface area (Å²) in [5.41, 5.74) is 1.29. The Bertz CT molecular complexity index is 802. The van der Waals surface area contributed by atoms with Gasteiger partial charge in [0.1, 0.15) is 11.6 Å². The minimum Gasteiger partial charge on any atom is -0.494 e. The maximum absolute atomic E-state index is 14.2. The third-order valence-corrected chi connectivity index (χ3v) is 3.96. The molecule has 0 saturated carbocycles. The molecule has 2 aromatic carbocycles. The number of ether oxygens (including phenoxy) is 1. The van der Waals surface area contributed by atoms with E-state index in [1.54, 1.807) is 22.8 Å². The predicted octanol–water partition coefficient (Wildman–Crippen LogP) is 4.19. The van der Waals surface area contributed by atoms with Crippen molar-refractivity contribution in [3.63, 3.8) is 0 Å². The van der Waals surface area contributed by atoms with Crippen LogP contribution in [0.25, 0.3) is 17.1 Å². The van der Waals surface area contributed by atoms with Gasteiger partial charge in [0, 0.05) is 5.56 Å². The zero-order valence-electron chi connectivity index (χ0n) is 12.9. The summed E-state index contributed by atoms with van der Waals surface area (Å²) in [5.74, 6) is 1.08. The second-order valence-electron chi connectivity index (χ2n) is 4.75. The Kier molecular flexibility index (Phi) is 4.62. The summed E-state index contributed by atoms with van der Waals surface area (Å²) in [6, 6.07) is 14.2. The molecule has 0 spiro atoms. The lowest BCUT2D eigenvalue weighted by Gasteiger charge is -2.10. The molecule has 0 aliphatic carbocycles. The molecule has 0 atom stereocenters. The molecule has 3 rings (SSSR count). The molecule has 0 N–H and O–H groups in total. The average Bonchev–Trinajstić information content (AvgIpc) is 3.00. The first-order chi connectivity index (χ1) is 11.2. The maximum Gasteiger partial charge on any atom is 0.195 e. The molecule has 0 radical (unpaired) electrons. The van der Waals surface area contributed by atoms with Gasteiger partial charge in [0.05, 0.1) is 12.3 Å². The van der Waals surface area contributed by atoms with Gasteiger partial charge in [-0.2, -0.15) is 0 Å². The van der Waals surface area contributed by atoms with E-state index >= 15 is 0 Å². The van der Waals surface area contributed by atoms with Gasteiger partial charge in [-0.1, -0.05) is 23.9 Å². The van der Waals surface area contributed by atoms with E-state index in [4.69, 9.17) is 4.74 Å². The van der Waals surface area contributed by atoms with E-state index < -0.39 is 0 Å². The molecule has 1 aromatic heterocycles. The van der Waals surface area contributed by atoms with Gasteiger partial charge in [-0.05, 0) is 49.6 Å². The van der Waals surface area contributed by atoms with Gasteiger partial charge in [0.2, 0.25) is 0 Å². The number of halogens is 1. The van der Waals surface area contributed by atoms with E-state index in [0.29, 0.717) is 23.3 Å². The molecular formula is C17H16FN3OS. The fourth-order valence-electron chi connectivity index (χ4n) is 2.31. The van der Waals surface area contributed by atoms with Crippen LogP contribution in [0.2, 0.25) is 0 Å². The second kappa shape index (κ2) is 6.83. The third-order valence-electron chi connectivity index (χ3n) is 3.33. The van der Waals surface area contributed by atoms with Crippen LogP contribution >= 0.6 is 11.8 Å². The van der Waals surface area contributed by atoms with Crippen molar-refractivity contribution >= 4 is 11.8 Å². The molecule has 0 aliphatic rings. The van der Waals surface area contributed by atoms with Crippen LogP contribution in [-0.4, -0.2) is 27.6 Å². The molecule has 6 heteroatoms. The maximum atomic E-state index is 14.2. The van der Waals surface area contributed by atoms with Gasteiger partial charge in [-0.25, -0.2) is 4.39 Å². The number of thioether (sulfide) groups is 1. The Hall–Kier alpha value is -2.34. The molecule has 0 unspecified atom stereocenters. The number of hydrogen-bond donors (Lipinski definition) is 0. The molecule has 4 nitrogen and oxygen atoms in total. The molecule has 0 saturated heterocycles. The summed E-state index contributed by atoms with van der Waals surface area (Å²) in [7, 11) is 0. The zero-order chi connectivity index (χ0) is 16.2. The van der Waals surface area contributed by atoms with E-state index in [1.165, 1.54) is 17.8 Å². The van der Waals surface area contributed by atoms with Gasteiger partial charge in [-0.3, -0.25) is 4.57 Å². The largest absolute Gasteiger partial charge is 0.494 e. The van der Waals surface area contributed by atoms with E-state index in [9.17, 15) is 4.39 Å². The lowest BCUT2D eigenvalue weighted by atomic mass is 10.2. The average molecular weight is 329 g/mol. The molecule has 1 heterocycles. The highest BCUT2D eigenvalue weighted by atomic mass is 32.2. The van der Waals surface area contributed by atoms with E-state index in [-0.39, 0.29) is 5.82 Å². The highest BCUT2D eigenvalue weighted by Gasteiger charge is 2.17. The first-order valence-electron chi connectivity index (χ1n) is 7.22. The quantitative estimate of drug-likeness (QED) is 0.658. The van der Waals surface area contributed by atoms with Crippen molar-refractivity contribution < 1.29 is 9.13 Å². The molecular weight excluding hydrogens is 313 g/mol. The van der Waals surface area contributed by atoms with Crippen LogP contribution in [0.5, 0.6) is 5.75 Å². The highest BCUT2D eigenvalue weighted by Crippen LogP contribution is 2.29. The van der Waals surface area contributed by atoms with Crippen molar-refractivity contribution in [2.75, 3.05) is 12.9 Å². The number of benzene rings is 2. The number of aromatic nitrogens is 3. The number of para-hydroxylation sites is 1. The minimum atomic E-state index is -0.310. The van der Waals surface area contributed by atoms with Crippen LogP contribution < -0.4 is 4.74 Å². The number of hydrogen-bond acceptors (Lipinski definition) is 4. The summed E-state index contributed by atoms with van der Waals surface area (Å²) >= 11 is 1.42. The van der Waals surface area contributed by atoms with E-state index in [1.807, 2.05) is 37.4 Å². The van der Waals surface area contributed by atoms with Crippen molar-refractivity contribution in [3.05, 3.63) is 54.3 Å². The van der Waals surface area contributed by atoms with Gasteiger partial charge in [-0.15, -0.1) is 10.2 Å². The molecule has 0 amide bonds. The fourth-order valence-corrected chi connectivity index (χ4v) is 2.80. The van der Waals surface area contributed by atoms with Crippen LogP contribution in [0, 0.1) is 5.82 Å². The van der Waals surface area contributed by atoms with Crippen molar-refractivity contribution in [1.29, 1.82) is 0 Å². The van der Waals surface area contributed by atoms with E-state index in [0.717, 1.165) is 11.3 Å². The summed E-state index contributed by atoms with van der Waals surface area (Å²) in [6.07, 6.45) is 1.89. The Labute approximate surface area is 138 Å². The first kappa shape index (κ1) is 15.6. The van der Waals surface area contributed by atoms with Gasteiger partial charge in [0.25, 0.3) is 0 Å². The highest BCUT2D eigenvalue weighted by molar-refractivity contribution is 7.98. The fraction of sp³-hybridized carbons (Fsp3) is 0.176. The Morgan fingerprint density at radius 2 is 1.83 bits per heavy atom. The van der Waals surface area contributed by atoms with Gasteiger partial charge < -0.3 is 4.74 Å². The summed E-state index contributed by atoms with van der Waals surface area (Å²) < 4.78 is 21.4. The second-order valence-corrected chi connectivity index (χ2v) is 5.53. The van der Waals surface area contributed by atoms with Crippen LogP contribution in [0.1, 0.15) is 6.92 Å². The standard InChI is InChI=1S/C17H16FN3OS/c1-3-22-13-10-8-12(9-11-13)16-19-20-17(23-2)21(16)15-7-5-4-6-14(15)18/h4-11H,3H2,1-2H3. The SMILES string of the molecule is CCOc1ccc(-c2nnc(SC)n2-c2ccccc2F)cc1. The van der Waals surface area contributed by atoms with Gasteiger partial charge >= 0.3 is 0 Å². The van der Waals surface area contributed by atoms with Crippen LogP contribution in [0.3, 0.4) is 0 Å². The molecule has 3 aromatic rings. The van der Waals surface area contributed by atoms with Crippen LogP contribution in [-0.2, 0) is 0 Å². The van der Waals surface area contributed by atoms with E-state index in [2.05, 4.69) is 10.2 Å². The predicted molar refractivity (Wildman–Crippen MR) is 89.7 cm³/mol. The molecule has 118 valence electrons. The molecule has 0 fully saturated rings. The lowest BCUT2D eigenvalue weighted by molar-refractivity contribution is 0.340. The normalized spacial score (nSPS) is 10.7. The summed E-state index contributed by atoms with van der Waals surface area (Å²) in [4.78, 5) is 0. The summed E-state index contributed by atoms with van der Waals surface area (Å²) in [5, 5.41) is 9.04. The number of nitrogens with zero attached hydrogens (tertiary/aromatic N) is 3. The first-order valence-corrected chi connectivity index (χ1v) is 8.44. The lowest BCUT2D eigenvalue weighted by Crippen LogP contribution is -2.02. The van der Waals surface area contributed by atoms with Crippen molar-refractivity contribution in [2.24, 2.45) is 0 Å². The Balaban J connectivity index is 2.10. The zero-order valence-corrected chi connectivity index (χ0v) is 13.7. The monoisotopic (exact) mass is 329 g/mol. The summed E-state index contributed by atoms with van der Waals surface area (Å²) in [6.45, 7) is 2.55. The third kappa shape index (κ3) is 3.07. The number of rotatable bonds is 5. The van der Waals surface area contributed by atoms with Gasteiger partial charge in [0.15, 0.2) is 11.0 Å². The Morgan fingerprint density at radius 1 is 1.09 bits per heavy atom. The smallest absolute Gasteiger partial charge is 0.195 e. The van der Waals surface area contributed by atoms with Crippen molar-refractivity contribution in [1.82, 2.24) is 14.8 Å². The molecule has 0 aliphatic heterocycles. The van der Waals surface area contributed by atoms with Crippen molar-refractivity contribution in [2.45, 2.75) is 12.1 Å².